The van der Waals surface area contributed by atoms with Crippen LogP contribution in [0.15, 0.2) is 42.7 Å². The van der Waals surface area contributed by atoms with E-state index in [-0.39, 0.29) is 10.6 Å². The molecule has 0 fully saturated rings. The number of aryl methyl sites for hydroxylation is 1. The summed E-state index contributed by atoms with van der Waals surface area (Å²) in [6.07, 6.45) is 3.36. The number of rotatable bonds is 2. The van der Waals surface area contributed by atoms with Gasteiger partial charge in [0.2, 0.25) is 0 Å². The Bertz CT molecular complexity index is 524. The lowest BCUT2D eigenvalue weighted by molar-refractivity contribution is -0.385. The van der Waals surface area contributed by atoms with Crippen molar-refractivity contribution in [3.63, 3.8) is 0 Å². The maximum absolute atomic E-state index is 10.8. The predicted molar refractivity (Wildman–Crippen MR) is 61.1 cm³/mol. The van der Waals surface area contributed by atoms with Gasteiger partial charge in [0.05, 0.1) is 4.92 Å². The van der Waals surface area contributed by atoms with Crippen molar-refractivity contribution in [3.8, 4) is 11.1 Å². The Morgan fingerprint density at radius 2 is 2.06 bits per heavy atom. The fourth-order valence-corrected chi connectivity index (χ4v) is 1.52. The van der Waals surface area contributed by atoms with Crippen molar-refractivity contribution in [2.75, 3.05) is 0 Å². The minimum atomic E-state index is -0.366. The van der Waals surface area contributed by atoms with E-state index >= 15 is 0 Å². The zero-order valence-corrected chi connectivity index (χ0v) is 8.75. The molecule has 0 radical (unpaired) electrons. The fraction of sp³-hybridized carbons (Fsp3) is 0.0833. The Hall–Kier alpha value is -2.23. The Labute approximate surface area is 92.7 Å². The van der Waals surface area contributed by atoms with Crippen LogP contribution >= 0.6 is 0 Å². The molecule has 1 heterocycles. The van der Waals surface area contributed by atoms with Gasteiger partial charge < -0.3 is 0 Å². The van der Waals surface area contributed by atoms with Crippen LogP contribution in [0.2, 0.25) is 0 Å². The quantitative estimate of drug-likeness (QED) is 0.570. The monoisotopic (exact) mass is 214 g/mol. The van der Waals surface area contributed by atoms with Gasteiger partial charge in [0.15, 0.2) is 0 Å². The Morgan fingerprint density at radius 3 is 2.69 bits per heavy atom. The first-order valence-electron chi connectivity index (χ1n) is 4.84. The molecule has 0 amide bonds. The van der Waals surface area contributed by atoms with Gasteiger partial charge in [-0.15, -0.1) is 0 Å². The molecule has 16 heavy (non-hydrogen) atoms. The van der Waals surface area contributed by atoms with E-state index in [1.807, 2.05) is 12.1 Å². The Morgan fingerprint density at radius 1 is 1.25 bits per heavy atom. The number of hydrogen-bond donors (Lipinski definition) is 0. The lowest BCUT2D eigenvalue weighted by atomic mass is 10.0. The molecule has 0 bridgehead atoms. The molecule has 0 unspecified atom stereocenters. The molecule has 0 saturated heterocycles. The minimum absolute atomic E-state index is 0.140. The van der Waals surface area contributed by atoms with E-state index in [0.717, 1.165) is 11.1 Å². The number of benzene rings is 1. The molecule has 0 aliphatic carbocycles. The third kappa shape index (κ3) is 1.91. The number of nitro benzene ring substituents is 1. The fourth-order valence-electron chi connectivity index (χ4n) is 1.52. The summed E-state index contributed by atoms with van der Waals surface area (Å²) in [5.74, 6) is 0. The molecule has 4 heteroatoms. The molecule has 4 nitrogen and oxygen atoms in total. The van der Waals surface area contributed by atoms with Crippen molar-refractivity contribution < 1.29 is 4.92 Å². The highest BCUT2D eigenvalue weighted by atomic mass is 16.6. The summed E-state index contributed by atoms with van der Waals surface area (Å²) < 4.78 is 0. The smallest absolute Gasteiger partial charge is 0.264 e. The van der Waals surface area contributed by atoms with E-state index in [1.165, 1.54) is 0 Å². The molecule has 1 aromatic carbocycles. The molecule has 0 aliphatic heterocycles. The zero-order valence-electron chi connectivity index (χ0n) is 8.75. The number of nitrogens with zero attached hydrogens (tertiary/aromatic N) is 2. The van der Waals surface area contributed by atoms with Crippen molar-refractivity contribution in [1.29, 1.82) is 0 Å². The van der Waals surface area contributed by atoms with Gasteiger partial charge >= 0.3 is 0 Å². The van der Waals surface area contributed by atoms with Crippen LogP contribution in [0.5, 0.6) is 0 Å². The molecule has 2 aromatic rings. The van der Waals surface area contributed by atoms with Crippen molar-refractivity contribution in [1.82, 2.24) is 4.98 Å². The molecule has 80 valence electrons. The van der Waals surface area contributed by atoms with Gasteiger partial charge in [-0.1, -0.05) is 18.2 Å². The highest BCUT2D eigenvalue weighted by molar-refractivity contribution is 5.66. The maximum atomic E-state index is 10.8. The predicted octanol–water partition coefficient (Wildman–Crippen LogP) is 2.97. The lowest BCUT2D eigenvalue weighted by Gasteiger charge is -2.02. The van der Waals surface area contributed by atoms with Gasteiger partial charge in [-0.2, -0.15) is 0 Å². The highest BCUT2D eigenvalue weighted by Crippen LogP contribution is 2.25. The third-order valence-electron chi connectivity index (χ3n) is 2.40. The summed E-state index contributed by atoms with van der Waals surface area (Å²) in [6, 6.07) is 8.87. The third-order valence-corrected chi connectivity index (χ3v) is 2.40. The van der Waals surface area contributed by atoms with Gasteiger partial charge in [0.25, 0.3) is 5.69 Å². The second-order valence-corrected chi connectivity index (χ2v) is 3.50. The maximum Gasteiger partial charge on any atom is 0.272 e. The van der Waals surface area contributed by atoms with Crippen molar-refractivity contribution >= 4 is 5.69 Å². The van der Waals surface area contributed by atoms with Crippen molar-refractivity contribution in [2.24, 2.45) is 0 Å². The minimum Gasteiger partial charge on any atom is -0.264 e. The summed E-state index contributed by atoms with van der Waals surface area (Å²) in [5, 5.41) is 10.8. The molecular weight excluding hydrogens is 204 g/mol. The summed E-state index contributed by atoms with van der Waals surface area (Å²) >= 11 is 0. The molecule has 0 N–H and O–H groups in total. The summed E-state index contributed by atoms with van der Waals surface area (Å²) in [4.78, 5) is 14.4. The summed E-state index contributed by atoms with van der Waals surface area (Å²) in [6.45, 7) is 1.73. The number of hydrogen-bond acceptors (Lipinski definition) is 3. The molecule has 0 aliphatic rings. The first kappa shape index (κ1) is 10.3. The molecule has 0 saturated carbocycles. The van der Waals surface area contributed by atoms with Gasteiger partial charge in [0.1, 0.15) is 0 Å². The van der Waals surface area contributed by atoms with Crippen LogP contribution in [-0.2, 0) is 0 Å². The van der Waals surface area contributed by atoms with Crippen molar-refractivity contribution in [2.45, 2.75) is 6.92 Å². The topological polar surface area (TPSA) is 56.0 Å². The van der Waals surface area contributed by atoms with E-state index in [4.69, 9.17) is 0 Å². The lowest BCUT2D eigenvalue weighted by Crippen LogP contribution is -1.92. The van der Waals surface area contributed by atoms with Gasteiger partial charge in [-0.25, -0.2) is 0 Å². The Balaban J connectivity index is 2.52. The second kappa shape index (κ2) is 4.10. The van der Waals surface area contributed by atoms with Gasteiger partial charge in [-0.3, -0.25) is 15.1 Å². The van der Waals surface area contributed by atoms with E-state index in [1.54, 1.807) is 37.5 Å². The zero-order chi connectivity index (χ0) is 11.5. The van der Waals surface area contributed by atoms with Crippen LogP contribution in [0.25, 0.3) is 11.1 Å². The van der Waals surface area contributed by atoms with Crippen LogP contribution < -0.4 is 0 Å². The second-order valence-electron chi connectivity index (χ2n) is 3.50. The van der Waals surface area contributed by atoms with E-state index in [2.05, 4.69) is 4.98 Å². The average molecular weight is 214 g/mol. The largest absolute Gasteiger partial charge is 0.272 e. The number of pyridine rings is 1. The van der Waals surface area contributed by atoms with E-state index < -0.39 is 0 Å². The number of aromatic nitrogens is 1. The van der Waals surface area contributed by atoms with Crippen LogP contribution in [0, 0.1) is 17.0 Å². The molecule has 2 rings (SSSR count). The van der Waals surface area contributed by atoms with E-state index in [0.29, 0.717) is 5.56 Å². The SMILES string of the molecule is Cc1ccc(-c2cccnc2)cc1[N+](=O)[O-]. The van der Waals surface area contributed by atoms with Crippen LogP contribution in [0.3, 0.4) is 0 Å². The first-order valence-corrected chi connectivity index (χ1v) is 4.84. The standard InChI is InChI=1S/C12H10N2O2/c1-9-4-5-10(7-12(9)14(15)16)11-3-2-6-13-8-11/h2-8H,1H3. The summed E-state index contributed by atoms with van der Waals surface area (Å²) in [7, 11) is 0. The van der Waals surface area contributed by atoms with E-state index in [9.17, 15) is 10.1 Å². The molecule has 1 aromatic heterocycles. The average Bonchev–Trinajstić information content (AvgIpc) is 2.30. The molecule has 0 spiro atoms. The first-order chi connectivity index (χ1) is 7.68. The van der Waals surface area contributed by atoms with Crippen LogP contribution in [0.4, 0.5) is 5.69 Å². The number of nitro groups is 1. The normalized spacial score (nSPS) is 10.1. The summed E-state index contributed by atoms with van der Waals surface area (Å²) in [5.41, 5.74) is 2.50. The van der Waals surface area contributed by atoms with Crippen LogP contribution in [0.1, 0.15) is 5.56 Å². The van der Waals surface area contributed by atoms with Crippen LogP contribution in [-0.4, -0.2) is 9.91 Å². The Kier molecular flexibility index (Phi) is 2.64. The molecule has 0 atom stereocenters. The molecular formula is C12H10N2O2. The van der Waals surface area contributed by atoms with Crippen molar-refractivity contribution in [3.05, 3.63) is 58.4 Å². The van der Waals surface area contributed by atoms with Gasteiger partial charge in [-0.05, 0) is 18.6 Å². The van der Waals surface area contributed by atoms with Gasteiger partial charge in [0, 0.05) is 29.6 Å². The highest BCUT2D eigenvalue weighted by Gasteiger charge is 2.11.